The van der Waals surface area contributed by atoms with Crippen molar-refractivity contribution in [3.8, 4) is 34.9 Å². The molecular formula is C27H22Si. The van der Waals surface area contributed by atoms with Gasteiger partial charge in [-0.05, 0) is 33.7 Å². The summed E-state index contributed by atoms with van der Waals surface area (Å²) in [5, 5.41) is 4.75. The van der Waals surface area contributed by atoms with E-state index in [-0.39, 0.29) is 0 Å². The maximum absolute atomic E-state index is 5.94. The standard InChI is InChI=1S/C27H22Si/c1-5-20-14-15-21-10-6-8-12-24(21)26(20)27-23(18-19-28(2,3)4)17-16-22-11-7-9-13-25(22)27/h1,6-17H,2-4H3. The number of hydrogen-bond donors (Lipinski definition) is 0. The molecule has 0 spiro atoms. The van der Waals surface area contributed by atoms with Gasteiger partial charge in [-0.3, -0.25) is 0 Å². The highest BCUT2D eigenvalue weighted by atomic mass is 28.3. The molecule has 0 saturated heterocycles. The molecule has 28 heavy (non-hydrogen) atoms. The first-order chi connectivity index (χ1) is 13.5. The van der Waals surface area contributed by atoms with E-state index in [0.29, 0.717) is 0 Å². The average Bonchev–Trinajstić information content (AvgIpc) is 2.70. The van der Waals surface area contributed by atoms with Crippen LogP contribution in [0, 0.1) is 23.8 Å². The van der Waals surface area contributed by atoms with Crippen molar-refractivity contribution in [3.05, 3.63) is 83.9 Å². The molecule has 0 atom stereocenters. The van der Waals surface area contributed by atoms with E-state index in [1.807, 2.05) is 0 Å². The molecule has 0 unspecified atom stereocenters. The molecule has 1 heteroatoms. The number of fused-ring (bicyclic) bond motifs is 2. The molecule has 0 fully saturated rings. The molecule has 0 aliphatic rings. The van der Waals surface area contributed by atoms with Gasteiger partial charge in [0.2, 0.25) is 0 Å². The quantitative estimate of drug-likeness (QED) is 0.252. The summed E-state index contributed by atoms with van der Waals surface area (Å²) >= 11 is 0. The smallest absolute Gasteiger partial charge is 0.127 e. The summed E-state index contributed by atoms with van der Waals surface area (Å²) in [7, 11) is -1.51. The second-order valence-electron chi connectivity index (χ2n) is 8.06. The zero-order valence-electron chi connectivity index (χ0n) is 16.5. The van der Waals surface area contributed by atoms with Crippen molar-refractivity contribution in [1.29, 1.82) is 0 Å². The van der Waals surface area contributed by atoms with Crippen LogP contribution in [0.4, 0.5) is 0 Å². The minimum absolute atomic E-state index is 0.908. The SMILES string of the molecule is C#Cc1ccc2ccccc2c1-c1c(C#C[Si](C)(C)C)ccc2ccccc12. The van der Waals surface area contributed by atoms with Crippen molar-refractivity contribution < 1.29 is 0 Å². The Morgan fingerprint density at radius 2 is 1.14 bits per heavy atom. The van der Waals surface area contributed by atoms with Crippen LogP contribution in [0.1, 0.15) is 11.1 Å². The van der Waals surface area contributed by atoms with Gasteiger partial charge in [-0.2, -0.15) is 0 Å². The summed E-state index contributed by atoms with van der Waals surface area (Å²) in [6, 6.07) is 25.4. The minimum Gasteiger partial charge on any atom is -0.127 e. The van der Waals surface area contributed by atoms with E-state index in [1.165, 1.54) is 21.5 Å². The number of rotatable bonds is 1. The molecule has 0 bridgehead atoms. The van der Waals surface area contributed by atoms with Gasteiger partial charge >= 0.3 is 0 Å². The predicted molar refractivity (Wildman–Crippen MR) is 125 cm³/mol. The van der Waals surface area contributed by atoms with Crippen molar-refractivity contribution in [2.45, 2.75) is 19.6 Å². The summed E-state index contributed by atoms with van der Waals surface area (Å²) in [6.07, 6.45) is 5.94. The molecule has 0 N–H and O–H groups in total. The van der Waals surface area contributed by atoms with Gasteiger partial charge in [0, 0.05) is 22.3 Å². The third-order valence-corrected chi connectivity index (χ3v) is 5.71. The average molecular weight is 375 g/mol. The van der Waals surface area contributed by atoms with Gasteiger partial charge in [0.1, 0.15) is 8.07 Å². The number of hydrogen-bond acceptors (Lipinski definition) is 0. The van der Waals surface area contributed by atoms with Crippen LogP contribution in [-0.4, -0.2) is 8.07 Å². The summed E-state index contributed by atoms with van der Waals surface area (Å²) in [5.74, 6) is 6.41. The fourth-order valence-corrected chi connectivity index (χ4v) is 4.07. The molecular weight excluding hydrogens is 352 g/mol. The molecule has 0 amide bonds. The van der Waals surface area contributed by atoms with Gasteiger partial charge in [-0.15, -0.1) is 12.0 Å². The van der Waals surface area contributed by atoms with Crippen LogP contribution in [0.5, 0.6) is 0 Å². The Morgan fingerprint density at radius 1 is 0.643 bits per heavy atom. The lowest BCUT2D eigenvalue weighted by Crippen LogP contribution is -2.16. The van der Waals surface area contributed by atoms with Crippen molar-refractivity contribution >= 4 is 29.6 Å². The Bertz CT molecular complexity index is 1300. The highest BCUT2D eigenvalue weighted by Gasteiger charge is 2.16. The van der Waals surface area contributed by atoms with E-state index < -0.39 is 8.07 Å². The fraction of sp³-hybridized carbons (Fsp3) is 0.111. The topological polar surface area (TPSA) is 0 Å². The Morgan fingerprint density at radius 3 is 1.68 bits per heavy atom. The monoisotopic (exact) mass is 374 g/mol. The second kappa shape index (κ2) is 7.04. The lowest BCUT2D eigenvalue weighted by molar-refractivity contribution is 1.62. The molecule has 4 rings (SSSR count). The predicted octanol–water partition coefficient (Wildman–Crippen LogP) is 6.87. The second-order valence-corrected chi connectivity index (χ2v) is 12.8. The minimum atomic E-state index is -1.51. The molecule has 0 aliphatic heterocycles. The molecule has 0 aromatic heterocycles. The van der Waals surface area contributed by atoms with Crippen LogP contribution < -0.4 is 0 Å². The van der Waals surface area contributed by atoms with Crippen LogP contribution in [0.25, 0.3) is 32.7 Å². The van der Waals surface area contributed by atoms with Crippen molar-refractivity contribution in [1.82, 2.24) is 0 Å². The van der Waals surface area contributed by atoms with Crippen LogP contribution in [-0.2, 0) is 0 Å². The Balaban J connectivity index is 2.18. The molecule has 134 valence electrons. The van der Waals surface area contributed by atoms with E-state index in [4.69, 9.17) is 6.42 Å². The van der Waals surface area contributed by atoms with Gasteiger partial charge in [0.25, 0.3) is 0 Å². The first-order valence-corrected chi connectivity index (χ1v) is 13.0. The molecule has 0 nitrogen and oxygen atoms in total. The van der Waals surface area contributed by atoms with Crippen LogP contribution in [0.15, 0.2) is 72.8 Å². The summed E-state index contributed by atoms with van der Waals surface area (Å²) in [4.78, 5) is 0. The Kier molecular flexibility index (Phi) is 4.56. The zero-order chi connectivity index (χ0) is 19.7. The summed E-state index contributed by atoms with van der Waals surface area (Å²) < 4.78 is 0. The number of terminal acetylenes is 1. The van der Waals surface area contributed by atoms with E-state index >= 15 is 0 Å². The van der Waals surface area contributed by atoms with E-state index in [2.05, 4.69) is 110 Å². The van der Waals surface area contributed by atoms with Gasteiger partial charge in [0.05, 0.1) is 0 Å². The lowest BCUT2D eigenvalue weighted by atomic mass is 9.87. The Labute approximate surface area is 168 Å². The Hall–Kier alpha value is -3.26. The molecule has 0 saturated carbocycles. The van der Waals surface area contributed by atoms with Crippen molar-refractivity contribution in [2.75, 3.05) is 0 Å². The maximum atomic E-state index is 5.94. The largest absolute Gasteiger partial charge is 0.129 e. The molecule has 0 heterocycles. The van der Waals surface area contributed by atoms with Crippen LogP contribution in [0.3, 0.4) is 0 Å². The third kappa shape index (κ3) is 3.34. The maximum Gasteiger partial charge on any atom is 0.129 e. The third-order valence-electron chi connectivity index (χ3n) is 4.84. The molecule has 0 aliphatic carbocycles. The zero-order valence-corrected chi connectivity index (χ0v) is 17.5. The summed E-state index contributed by atoms with van der Waals surface area (Å²) in [6.45, 7) is 6.81. The lowest BCUT2D eigenvalue weighted by Gasteiger charge is -2.15. The van der Waals surface area contributed by atoms with Gasteiger partial charge in [-0.1, -0.05) is 92.1 Å². The fourth-order valence-electron chi connectivity index (χ4n) is 3.56. The van der Waals surface area contributed by atoms with Gasteiger partial charge in [-0.25, -0.2) is 0 Å². The van der Waals surface area contributed by atoms with Gasteiger partial charge in [0.15, 0.2) is 0 Å². The van der Waals surface area contributed by atoms with E-state index in [0.717, 1.165) is 22.3 Å². The van der Waals surface area contributed by atoms with Crippen molar-refractivity contribution in [3.63, 3.8) is 0 Å². The highest BCUT2D eigenvalue weighted by molar-refractivity contribution is 6.83. The first-order valence-electron chi connectivity index (χ1n) is 9.51. The molecule has 4 aromatic rings. The number of benzene rings is 4. The van der Waals surface area contributed by atoms with Crippen LogP contribution in [0.2, 0.25) is 19.6 Å². The van der Waals surface area contributed by atoms with E-state index in [1.54, 1.807) is 0 Å². The molecule has 4 aromatic carbocycles. The van der Waals surface area contributed by atoms with Crippen molar-refractivity contribution in [2.24, 2.45) is 0 Å². The van der Waals surface area contributed by atoms with E-state index in [9.17, 15) is 0 Å². The summed E-state index contributed by atoms with van der Waals surface area (Å²) in [5.41, 5.74) is 7.75. The normalized spacial score (nSPS) is 11.1. The highest BCUT2D eigenvalue weighted by Crippen LogP contribution is 2.38. The van der Waals surface area contributed by atoms with Crippen LogP contribution >= 0.6 is 0 Å². The first kappa shape index (κ1) is 18.1. The van der Waals surface area contributed by atoms with Gasteiger partial charge < -0.3 is 0 Å². The molecule has 0 radical (unpaired) electrons.